The highest BCUT2D eigenvalue weighted by molar-refractivity contribution is 9.10. The fraction of sp³-hybridized carbons (Fsp3) is 0.467. The van der Waals surface area contributed by atoms with Crippen LogP contribution in [0.15, 0.2) is 27.2 Å². The summed E-state index contributed by atoms with van der Waals surface area (Å²) in [6.45, 7) is 0. The van der Waals surface area contributed by atoms with Gasteiger partial charge in [-0.3, -0.25) is 0 Å². The first-order valence-corrected chi connectivity index (χ1v) is 8.34. The maximum atomic E-state index is 6.25. The SMILES string of the molecule is NC(Cc1nc(-c2ccc(Cl)c(Br)c2)no1)C1CCCC1. The fourth-order valence-corrected chi connectivity index (χ4v) is 3.34. The first kappa shape index (κ1) is 15.0. The predicted molar refractivity (Wildman–Crippen MR) is 86.1 cm³/mol. The summed E-state index contributed by atoms with van der Waals surface area (Å²) in [5.74, 6) is 1.77. The molecule has 0 spiro atoms. The van der Waals surface area contributed by atoms with Crippen molar-refractivity contribution in [3.05, 3.63) is 33.6 Å². The lowest BCUT2D eigenvalue weighted by atomic mass is 9.96. The predicted octanol–water partition coefficient (Wildman–Crippen LogP) is 4.21. The molecule has 1 aliphatic rings. The monoisotopic (exact) mass is 369 g/mol. The lowest BCUT2D eigenvalue weighted by molar-refractivity contribution is 0.341. The third kappa shape index (κ3) is 3.47. The molecule has 1 aliphatic carbocycles. The van der Waals surface area contributed by atoms with Gasteiger partial charge in [0.2, 0.25) is 11.7 Å². The third-order valence-electron chi connectivity index (χ3n) is 4.06. The van der Waals surface area contributed by atoms with Gasteiger partial charge in [-0.1, -0.05) is 29.6 Å². The summed E-state index contributed by atoms with van der Waals surface area (Å²) in [6, 6.07) is 5.67. The van der Waals surface area contributed by atoms with E-state index in [4.69, 9.17) is 21.9 Å². The van der Waals surface area contributed by atoms with Crippen molar-refractivity contribution in [2.45, 2.75) is 38.1 Å². The molecule has 21 heavy (non-hydrogen) atoms. The average molecular weight is 371 g/mol. The maximum Gasteiger partial charge on any atom is 0.228 e. The van der Waals surface area contributed by atoms with Gasteiger partial charge < -0.3 is 10.3 Å². The average Bonchev–Trinajstić information content (AvgIpc) is 3.12. The zero-order chi connectivity index (χ0) is 14.8. The van der Waals surface area contributed by atoms with Gasteiger partial charge in [-0.15, -0.1) is 0 Å². The minimum absolute atomic E-state index is 0.109. The number of rotatable bonds is 4. The molecule has 0 saturated heterocycles. The van der Waals surface area contributed by atoms with Crippen molar-refractivity contribution in [1.29, 1.82) is 0 Å². The quantitative estimate of drug-likeness (QED) is 0.875. The van der Waals surface area contributed by atoms with Crippen LogP contribution in [0.1, 0.15) is 31.6 Å². The first-order valence-electron chi connectivity index (χ1n) is 7.17. The Morgan fingerprint density at radius 3 is 2.86 bits per heavy atom. The zero-order valence-electron chi connectivity index (χ0n) is 11.6. The minimum atomic E-state index is 0.109. The summed E-state index contributed by atoms with van der Waals surface area (Å²) in [7, 11) is 0. The number of nitrogens with two attached hydrogens (primary N) is 1. The number of hydrogen-bond acceptors (Lipinski definition) is 4. The lowest BCUT2D eigenvalue weighted by Crippen LogP contribution is -2.30. The van der Waals surface area contributed by atoms with Crippen LogP contribution in [-0.4, -0.2) is 16.2 Å². The van der Waals surface area contributed by atoms with Crippen LogP contribution < -0.4 is 5.73 Å². The van der Waals surface area contributed by atoms with E-state index in [2.05, 4.69) is 26.1 Å². The molecule has 1 saturated carbocycles. The Bertz CT molecular complexity index is 625. The molecule has 0 radical (unpaired) electrons. The highest BCUT2D eigenvalue weighted by Crippen LogP contribution is 2.29. The number of hydrogen-bond donors (Lipinski definition) is 1. The van der Waals surface area contributed by atoms with Crippen molar-refractivity contribution in [3.63, 3.8) is 0 Å². The third-order valence-corrected chi connectivity index (χ3v) is 5.28. The molecule has 3 rings (SSSR count). The van der Waals surface area contributed by atoms with Gasteiger partial charge in [0.15, 0.2) is 0 Å². The van der Waals surface area contributed by atoms with Crippen LogP contribution in [0, 0.1) is 5.92 Å². The second-order valence-corrected chi connectivity index (χ2v) is 6.81. The van der Waals surface area contributed by atoms with E-state index >= 15 is 0 Å². The second kappa shape index (κ2) is 6.46. The highest BCUT2D eigenvalue weighted by Gasteiger charge is 2.24. The number of halogens is 2. The van der Waals surface area contributed by atoms with E-state index in [1.807, 2.05) is 12.1 Å². The molecular formula is C15H17BrClN3O. The largest absolute Gasteiger partial charge is 0.339 e. The Kier molecular flexibility index (Phi) is 4.62. The highest BCUT2D eigenvalue weighted by atomic mass is 79.9. The van der Waals surface area contributed by atoms with Crippen molar-refractivity contribution >= 4 is 27.5 Å². The topological polar surface area (TPSA) is 64.9 Å². The summed E-state index contributed by atoms with van der Waals surface area (Å²) in [5, 5.41) is 4.69. The molecular weight excluding hydrogens is 354 g/mol. The molecule has 1 heterocycles. The molecule has 0 aliphatic heterocycles. The molecule has 4 nitrogen and oxygen atoms in total. The van der Waals surface area contributed by atoms with Crippen LogP contribution in [-0.2, 0) is 6.42 Å². The van der Waals surface area contributed by atoms with Crippen LogP contribution in [0.2, 0.25) is 5.02 Å². The molecule has 1 unspecified atom stereocenters. The summed E-state index contributed by atoms with van der Waals surface area (Å²) < 4.78 is 6.15. The van der Waals surface area contributed by atoms with Gasteiger partial charge in [-0.25, -0.2) is 0 Å². The van der Waals surface area contributed by atoms with Gasteiger partial charge in [0, 0.05) is 22.5 Å². The zero-order valence-corrected chi connectivity index (χ0v) is 13.9. The lowest BCUT2D eigenvalue weighted by Gasteiger charge is -2.16. The van der Waals surface area contributed by atoms with E-state index in [1.54, 1.807) is 6.07 Å². The molecule has 2 N–H and O–H groups in total. The molecule has 0 amide bonds. The standard InChI is InChI=1S/C15H17BrClN3O/c16-11-7-10(5-6-12(11)17)15-19-14(21-20-15)8-13(18)9-3-1-2-4-9/h5-7,9,13H,1-4,8,18H2. The first-order chi connectivity index (χ1) is 10.1. The smallest absolute Gasteiger partial charge is 0.228 e. The summed E-state index contributed by atoms with van der Waals surface area (Å²) >= 11 is 9.38. The Labute approximate surface area is 137 Å². The van der Waals surface area contributed by atoms with E-state index in [0.717, 1.165) is 10.0 Å². The molecule has 1 atom stereocenters. The molecule has 1 fully saturated rings. The van der Waals surface area contributed by atoms with Crippen molar-refractivity contribution in [2.75, 3.05) is 0 Å². The Morgan fingerprint density at radius 1 is 1.38 bits per heavy atom. The van der Waals surface area contributed by atoms with Crippen molar-refractivity contribution in [2.24, 2.45) is 11.7 Å². The van der Waals surface area contributed by atoms with E-state index in [0.29, 0.717) is 29.1 Å². The molecule has 0 bridgehead atoms. The fourth-order valence-electron chi connectivity index (χ4n) is 2.84. The van der Waals surface area contributed by atoms with E-state index in [9.17, 15) is 0 Å². The summed E-state index contributed by atoms with van der Waals surface area (Å²) in [4.78, 5) is 4.44. The molecule has 1 aromatic carbocycles. The molecule has 6 heteroatoms. The van der Waals surface area contributed by atoms with Crippen LogP contribution in [0.3, 0.4) is 0 Å². The van der Waals surface area contributed by atoms with E-state index < -0.39 is 0 Å². The van der Waals surface area contributed by atoms with Crippen LogP contribution >= 0.6 is 27.5 Å². The maximum absolute atomic E-state index is 6.25. The molecule has 112 valence electrons. The number of nitrogens with zero attached hydrogens (tertiary/aromatic N) is 2. The Balaban J connectivity index is 1.72. The second-order valence-electron chi connectivity index (χ2n) is 5.55. The summed E-state index contributed by atoms with van der Waals surface area (Å²) in [6.07, 6.45) is 5.64. The number of aromatic nitrogens is 2. The van der Waals surface area contributed by atoms with E-state index in [-0.39, 0.29) is 6.04 Å². The Hall–Kier alpha value is -0.910. The van der Waals surface area contributed by atoms with Gasteiger partial charge in [0.25, 0.3) is 0 Å². The van der Waals surface area contributed by atoms with Crippen molar-refractivity contribution < 1.29 is 4.52 Å². The van der Waals surface area contributed by atoms with Gasteiger partial charge >= 0.3 is 0 Å². The van der Waals surface area contributed by atoms with Crippen molar-refractivity contribution in [1.82, 2.24) is 10.1 Å². The summed E-state index contributed by atoms with van der Waals surface area (Å²) in [5.41, 5.74) is 7.12. The van der Waals surface area contributed by atoms with Crippen LogP contribution in [0.25, 0.3) is 11.4 Å². The normalized spacial score (nSPS) is 17.3. The van der Waals surface area contributed by atoms with Gasteiger partial charge in [-0.05, 0) is 52.9 Å². The van der Waals surface area contributed by atoms with Crippen LogP contribution in [0.5, 0.6) is 0 Å². The van der Waals surface area contributed by atoms with Gasteiger partial charge in [-0.2, -0.15) is 4.98 Å². The molecule has 2 aromatic rings. The van der Waals surface area contributed by atoms with E-state index in [1.165, 1.54) is 25.7 Å². The van der Waals surface area contributed by atoms with Crippen molar-refractivity contribution in [3.8, 4) is 11.4 Å². The Morgan fingerprint density at radius 2 is 2.14 bits per heavy atom. The van der Waals surface area contributed by atoms with Gasteiger partial charge in [0.1, 0.15) is 0 Å². The minimum Gasteiger partial charge on any atom is -0.339 e. The van der Waals surface area contributed by atoms with Crippen LogP contribution in [0.4, 0.5) is 0 Å². The number of benzene rings is 1. The molecule has 1 aromatic heterocycles. The van der Waals surface area contributed by atoms with Gasteiger partial charge in [0.05, 0.1) is 5.02 Å².